The molecule has 0 aromatic heterocycles. The van der Waals surface area contributed by atoms with Crippen LogP contribution in [0.15, 0.2) is 18.2 Å². The molecule has 4 heteroatoms. The summed E-state index contributed by atoms with van der Waals surface area (Å²) in [6.45, 7) is 10.2. The lowest BCUT2D eigenvalue weighted by molar-refractivity contribution is 0.137. The van der Waals surface area contributed by atoms with Crippen LogP contribution in [-0.2, 0) is 11.2 Å². The first-order chi connectivity index (χ1) is 10.1. The molecule has 118 valence electrons. The molecular formula is C17H27NO3. The summed E-state index contributed by atoms with van der Waals surface area (Å²) in [7, 11) is 0. The van der Waals surface area contributed by atoms with E-state index >= 15 is 0 Å². The maximum Gasteiger partial charge on any atom is 0.161 e. The molecular weight excluding hydrogens is 266 g/mol. The summed E-state index contributed by atoms with van der Waals surface area (Å²) in [5, 5.41) is 3.33. The monoisotopic (exact) mass is 293 g/mol. The maximum absolute atomic E-state index is 5.80. The molecule has 1 aromatic rings. The highest BCUT2D eigenvalue weighted by Crippen LogP contribution is 2.31. The Hall–Kier alpha value is -1.26. The molecule has 2 rings (SSSR count). The predicted molar refractivity (Wildman–Crippen MR) is 84.3 cm³/mol. The van der Waals surface area contributed by atoms with Gasteiger partial charge in [0.2, 0.25) is 0 Å². The number of nitrogens with one attached hydrogen (secondary N) is 1. The number of hydrogen-bond acceptors (Lipinski definition) is 4. The Labute approximate surface area is 127 Å². The Bertz CT molecular complexity index is 434. The van der Waals surface area contributed by atoms with Crippen molar-refractivity contribution in [2.24, 2.45) is 5.92 Å². The van der Waals surface area contributed by atoms with E-state index in [4.69, 9.17) is 14.2 Å². The summed E-state index contributed by atoms with van der Waals surface area (Å²) >= 11 is 0. The van der Waals surface area contributed by atoms with Gasteiger partial charge in [-0.2, -0.15) is 0 Å². The van der Waals surface area contributed by atoms with Gasteiger partial charge in [-0.15, -0.1) is 0 Å². The van der Waals surface area contributed by atoms with E-state index < -0.39 is 0 Å². The highest BCUT2D eigenvalue weighted by atomic mass is 16.5. The van der Waals surface area contributed by atoms with Gasteiger partial charge in [-0.05, 0) is 24.1 Å². The molecule has 1 atom stereocenters. The van der Waals surface area contributed by atoms with Gasteiger partial charge < -0.3 is 19.5 Å². The van der Waals surface area contributed by atoms with Gasteiger partial charge in [0.25, 0.3) is 0 Å². The van der Waals surface area contributed by atoms with E-state index in [1.807, 2.05) is 6.07 Å². The first-order valence-corrected chi connectivity index (χ1v) is 7.85. The molecule has 0 aliphatic carbocycles. The van der Waals surface area contributed by atoms with E-state index in [2.05, 4.69) is 38.2 Å². The third-order valence-electron chi connectivity index (χ3n) is 3.39. The van der Waals surface area contributed by atoms with Gasteiger partial charge in [0.1, 0.15) is 0 Å². The van der Waals surface area contributed by atoms with Crippen molar-refractivity contribution < 1.29 is 14.2 Å². The number of benzene rings is 1. The summed E-state index contributed by atoms with van der Waals surface area (Å²) in [5.74, 6) is 2.14. The molecule has 0 amide bonds. The fourth-order valence-corrected chi connectivity index (χ4v) is 2.16. The minimum atomic E-state index is 0.428. The van der Waals surface area contributed by atoms with Crippen LogP contribution < -0.4 is 14.8 Å². The second kappa shape index (κ2) is 8.25. The molecule has 1 aromatic carbocycles. The molecule has 21 heavy (non-hydrogen) atoms. The van der Waals surface area contributed by atoms with Gasteiger partial charge in [0, 0.05) is 18.5 Å². The molecule has 0 saturated heterocycles. The second-order valence-electron chi connectivity index (χ2n) is 5.98. The van der Waals surface area contributed by atoms with Crippen LogP contribution in [0.2, 0.25) is 0 Å². The van der Waals surface area contributed by atoms with E-state index in [1.165, 1.54) is 5.56 Å². The van der Waals surface area contributed by atoms with E-state index in [9.17, 15) is 0 Å². The SMILES string of the molecule is CC1COc2ccc(CCOCCNC(C)C)cc2OC1. The highest BCUT2D eigenvalue weighted by molar-refractivity contribution is 5.43. The van der Waals surface area contributed by atoms with Gasteiger partial charge >= 0.3 is 0 Å². The minimum Gasteiger partial charge on any atom is -0.489 e. The quantitative estimate of drug-likeness (QED) is 0.785. The molecule has 0 saturated carbocycles. The zero-order valence-electron chi connectivity index (χ0n) is 13.4. The molecule has 1 N–H and O–H groups in total. The molecule has 0 fully saturated rings. The van der Waals surface area contributed by atoms with Crippen LogP contribution in [0.4, 0.5) is 0 Å². The highest BCUT2D eigenvalue weighted by Gasteiger charge is 2.15. The van der Waals surface area contributed by atoms with Crippen LogP contribution in [0.5, 0.6) is 11.5 Å². The Morgan fingerprint density at radius 3 is 2.71 bits per heavy atom. The fourth-order valence-electron chi connectivity index (χ4n) is 2.16. The van der Waals surface area contributed by atoms with Crippen LogP contribution in [0.25, 0.3) is 0 Å². The lowest BCUT2D eigenvalue weighted by atomic mass is 10.1. The minimum absolute atomic E-state index is 0.428. The Balaban J connectivity index is 1.75. The molecule has 0 bridgehead atoms. The zero-order chi connectivity index (χ0) is 15.1. The van der Waals surface area contributed by atoms with Gasteiger partial charge in [0.15, 0.2) is 11.5 Å². The van der Waals surface area contributed by atoms with E-state index in [0.29, 0.717) is 18.6 Å². The molecule has 0 spiro atoms. The topological polar surface area (TPSA) is 39.7 Å². The summed E-state index contributed by atoms with van der Waals surface area (Å²) in [4.78, 5) is 0. The van der Waals surface area contributed by atoms with Gasteiger partial charge in [0.05, 0.1) is 26.4 Å². The maximum atomic E-state index is 5.80. The average Bonchev–Trinajstić information content (AvgIpc) is 2.64. The molecule has 1 unspecified atom stereocenters. The normalized spacial score (nSPS) is 17.8. The van der Waals surface area contributed by atoms with Gasteiger partial charge in [-0.1, -0.05) is 26.8 Å². The number of rotatable bonds is 7. The van der Waals surface area contributed by atoms with Crippen LogP contribution in [-0.4, -0.2) is 39.0 Å². The van der Waals surface area contributed by atoms with E-state index in [0.717, 1.165) is 44.3 Å². The van der Waals surface area contributed by atoms with Crippen LogP contribution in [0.1, 0.15) is 26.3 Å². The third kappa shape index (κ3) is 5.56. The third-order valence-corrected chi connectivity index (χ3v) is 3.39. The zero-order valence-corrected chi connectivity index (χ0v) is 13.4. The molecule has 1 heterocycles. The number of ether oxygens (including phenoxy) is 3. The van der Waals surface area contributed by atoms with Gasteiger partial charge in [-0.25, -0.2) is 0 Å². The van der Waals surface area contributed by atoms with E-state index in [-0.39, 0.29) is 0 Å². The first-order valence-electron chi connectivity index (χ1n) is 7.85. The summed E-state index contributed by atoms with van der Waals surface area (Å²) in [6.07, 6.45) is 0.897. The summed E-state index contributed by atoms with van der Waals surface area (Å²) in [6, 6.07) is 6.68. The van der Waals surface area contributed by atoms with Crippen molar-refractivity contribution in [2.75, 3.05) is 33.0 Å². The number of hydrogen-bond donors (Lipinski definition) is 1. The number of fused-ring (bicyclic) bond motifs is 1. The first kappa shape index (κ1) is 16.1. The Morgan fingerprint density at radius 2 is 1.95 bits per heavy atom. The van der Waals surface area contributed by atoms with Crippen LogP contribution in [0.3, 0.4) is 0 Å². The van der Waals surface area contributed by atoms with Crippen LogP contribution in [0, 0.1) is 5.92 Å². The van der Waals surface area contributed by atoms with Crippen LogP contribution >= 0.6 is 0 Å². The summed E-state index contributed by atoms with van der Waals surface area (Å²) < 4.78 is 17.2. The standard InChI is InChI=1S/C17H27NO3/c1-13(2)18-7-9-19-8-6-15-4-5-16-17(10-15)21-12-14(3)11-20-16/h4-5,10,13-14,18H,6-9,11-12H2,1-3H3. The largest absolute Gasteiger partial charge is 0.489 e. The van der Waals surface area contributed by atoms with Crippen molar-refractivity contribution in [1.82, 2.24) is 5.32 Å². The average molecular weight is 293 g/mol. The van der Waals surface area contributed by atoms with E-state index in [1.54, 1.807) is 0 Å². The van der Waals surface area contributed by atoms with Crippen molar-refractivity contribution in [2.45, 2.75) is 33.2 Å². The van der Waals surface area contributed by atoms with Gasteiger partial charge in [-0.3, -0.25) is 0 Å². The Kier molecular flexibility index (Phi) is 6.33. The lowest BCUT2D eigenvalue weighted by Gasteiger charge is -2.10. The lowest BCUT2D eigenvalue weighted by Crippen LogP contribution is -2.26. The van der Waals surface area contributed by atoms with Crippen molar-refractivity contribution in [1.29, 1.82) is 0 Å². The van der Waals surface area contributed by atoms with Crippen molar-refractivity contribution in [3.8, 4) is 11.5 Å². The second-order valence-corrected chi connectivity index (χ2v) is 5.98. The Morgan fingerprint density at radius 1 is 1.19 bits per heavy atom. The fraction of sp³-hybridized carbons (Fsp3) is 0.647. The molecule has 1 aliphatic rings. The van der Waals surface area contributed by atoms with Crippen molar-refractivity contribution in [3.05, 3.63) is 23.8 Å². The predicted octanol–water partition coefficient (Wildman–Crippen LogP) is 2.65. The smallest absolute Gasteiger partial charge is 0.161 e. The molecule has 4 nitrogen and oxygen atoms in total. The molecule has 0 radical (unpaired) electrons. The van der Waals surface area contributed by atoms with Crippen molar-refractivity contribution in [3.63, 3.8) is 0 Å². The molecule has 1 aliphatic heterocycles. The summed E-state index contributed by atoms with van der Waals surface area (Å²) in [5.41, 5.74) is 1.23. The van der Waals surface area contributed by atoms with Crippen molar-refractivity contribution >= 4 is 0 Å².